The highest BCUT2D eigenvalue weighted by atomic mass is 32.2. The average molecular weight is 434 g/mol. The SMILES string of the molecule is CC(=O)c1ccc(S(=O)(=O)c2ccc(CNC(=O)c3cnc4[nH]ncc4c3)cc2)cc1. The lowest BCUT2D eigenvalue weighted by atomic mass is 10.2. The molecule has 31 heavy (non-hydrogen) atoms. The molecule has 2 aromatic heterocycles. The minimum Gasteiger partial charge on any atom is -0.348 e. The summed E-state index contributed by atoms with van der Waals surface area (Å²) < 4.78 is 25.6. The minimum absolute atomic E-state index is 0.112. The van der Waals surface area contributed by atoms with Crippen molar-refractivity contribution < 1.29 is 18.0 Å². The summed E-state index contributed by atoms with van der Waals surface area (Å²) in [5, 5.41) is 10.1. The van der Waals surface area contributed by atoms with Crippen LogP contribution in [0.1, 0.15) is 33.2 Å². The van der Waals surface area contributed by atoms with Crippen molar-refractivity contribution in [3.63, 3.8) is 0 Å². The number of Topliss-reactive ketones (excluding diaryl/α,β-unsaturated/α-hetero) is 1. The van der Waals surface area contributed by atoms with Gasteiger partial charge in [-0.05, 0) is 42.8 Å². The zero-order valence-electron chi connectivity index (χ0n) is 16.5. The summed E-state index contributed by atoms with van der Waals surface area (Å²) in [6.45, 7) is 1.66. The third kappa shape index (κ3) is 4.22. The van der Waals surface area contributed by atoms with Gasteiger partial charge in [0.15, 0.2) is 11.4 Å². The van der Waals surface area contributed by atoms with Crippen LogP contribution in [0.15, 0.2) is 76.8 Å². The Morgan fingerprint density at radius 2 is 1.58 bits per heavy atom. The Morgan fingerprint density at radius 1 is 0.935 bits per heavy atom. The summed E-state index contributed by atoms with van der Waals surface area (Å²) in [5.74, 6) is -0.423. The van der Waals surface area contributed by atoms with E-state index in [-0.39, 0.29) is 28.0 Å². The molecule has 4 aromatic rings. The largest absolute Gasteiger partial charge is 0.348 e. The molecule has 0 aliphatic carbocycles. The maximum atomic E-state index is 12.8. The maximum Gasteiger partial charge on any atom is 0.253 e. The van der Waals surface area contributed by atoms with Gasteiger partial charge in [0.25, 0.3) is 5.91 Å². The first-order valence-corrected chi connectivity index (χ1v) is 10.9. The molecule has 0 aliphatic rings. The number of nitrogens with one attached hydrogen (secondary N) is 2. The molecule has 0 atom stereocenters. The lowest BCUT2D eigenvalue weighted by Crippen LogP contribution is -2.22. The monoisotopic (exact) mass is 434 g/mol. The van der Waals surface area contributed by atoms with E-state index in [1.165, 1.54) is 49.5 Å². The van der Waals surface area contributed by atoms with Crippen LogP contribution in [-0.4, -0.2) is 35.3 Å². The Balaban J connectivity index is 1.44. The Kier molecular flexibility index (Phi) is 5.35. The van der Waals surface area contributed by atoms with E-state index < -0.39 is 9.84 Å². The van der Waals surface area contributed by atoms with Crippen molar-refractivity contribution >= 4 is 32.6 Å². The Labute approximate surface area is 178 Å². The van der Waals surface area contributed by atoms with Crippen LogP contribution < -0.4 is 5.32 Å². The van der Waals surface area contributed by atoms with Crippen molar-refractivity contribution in [1.82, 2.24) is 20.5 Å². The van der Waals surface area contributed by atoms with Gasteiger partial charge in [-0.3, -0.25) is 14.7 Å². The molecule has 9 heteroatoms. The van der Waals surface area contributed by atoms with Gasteiger partial charge in [-0.1, -0.05) is 24.3 Å². The first-order valence-electron chi connectivity index (χ1n) is 9.37. The summed E-state index contributed by atoms with van der Waals surface area (Å²) in [7, 11) is -3.70. The number of aromatic nitrogens is 3. The van der Waals surface area contributed by atoms with E-state index in [4.69, 9.17) is 0 Å². The van der Waals surface area contributed by atoms with Gasteiger partial charge >= 0.3 is 0 Å². The molecule has 0 radical (unpaired) electrons. The Hall–Kier alpha value is -3.85. The highest BCUT2D eigenvalue weighted by Gasteiger charge is 2.18. The molecule has 8 nitrogen and oxygen atoms in total. The van der Waals surface area contributed by atoms with Crippen molar-refractivity contribution in [3.8, 4) is 0 Å². The van der Waals surface area contributed by atoms with E-state index >= 15 is 0 Å². The molecule has 0 spiro atoms. The van der Waals surface area contributed by atoms with Gasteiger partial charge in [-0.2, -0.15) is 5.10 Å². The highest BCUT2D eigenvalue weighted by molar-refractivity contribution is 7.91. The summed E-state index contributed by atoms with van der Waals surface area (Å²) >= 11 is 0. The number of benzene rings is 2. The number of H-pyrrole nitrogens is 1. The van der Waals surface area contributed by atoms with E-state index in [1.807, 2.05) is 0 Å². The fraction of sp³-hybridized carbons (Fsp3) is 0.0909. The zero-order valence-corrected chi connectivity index (χ0v) is 17.3. The number of rotatable bonds is 6. The van der Waals surface area contributed by atoms with E-state index in [0.29, 0.717) is 16.8 Å². The molecule has 156 valence electrons. The lowest BCUT2D eigenvalue weighted by molar-refractivity contribution is 0.0949. The van der Waals surface area contributed by atoms with Gasteiger partial charge < -0.3 is 5.32 Å². The second-order valence-electron chi connectivity index (χ2n) is 6.94. The lowest BCUT2D eigenvalue weighted by Gasteiger charge is -2.08. The first kappa shape index (κ1) is 20.4. The van der Waals surface area contributed by atoms with Crippen molar-refractivity contribution in [2.45, 2.75) is 23.3 Å². The average Bonchev–Trinajstić information content (AvgIpc) is 3.25. The standard InChI is InChI=1S/C22H18N4O4S/c1-14(27)16-4-8-20(9-5-16)31(29,30)19-6-2-15(3-7-19)11-24-22(28)18-10-17-13-25-26-21(17)23-12-18/h2-10,12-13H,11H2,1H3,(H,24,28)(H,23,25,26). The summed E-state index contributed by atoms with van der Waals surface area (Å²) in [5.41, 5.74) is 2.20. The second-order valence-corrected chi connectivity index (χ2v) is 8.89. The molecule has 0 unspecified atom stereocenters. The van der Waals surface area contributed by atoms with Gasteiger partial charge in [0.1, 0.15) is 0 Å². The molecule has 2 N–H and O–H groups in total. The molecule has 4 rings (SSSR count). The molecular formula is C22H18N4O4S. The quantitative estimate of drug-likeness (QED) is 0.450. The molecular weight excluding hydrogens is 416 g/mol. The summed E-state index contributed by atoms with van der Waals surface area (Å²) in [4.78, 5) is 28.1. The Bertz CT molecular complexity index is 1380. The van der Waals surface area contributed by atoms with Gasteiger partial charge in [0.2, 0.25) is 9.84 Å². The number of fused-ring (bicyclic) bond motifs is 1. The molecule has 1 amide bonds. The molecule has 0 aliphatic heterocycles. The number of nitrogens with zero attached hydrogens (tertiary/aromatic N) is 2. The van der Waals surface area contributed by atoms with Crippen molar-refractivity contribution in [3.05, 3.63) is 83.7 Å². The summed E-state index contributed by atoms with van der Waals surface area (Å²) in [6.07, 6.45) is 3.05. The number of aromatic amines is 1. The summed E-state index contributed by atoms with van der Waals surface area (Å²) in [6, 6.07) is 13.8. The fourth-order valence-corrected chi connectivity index (χ4v) is 4.30. The van der Waals surface area contributed by atoms with Crippen molar-refractivity contribution in [1.29, 1.82) is 0 Å². The minimum atomic E-state index is -3.70. The topological polar surface area (TPSA) is 122 Å². The number of sulfone groups is 1. The van der Waals surface area contributed by atoms with Crippen molar-refractivity contribution in [2.75, 3.05) is 0 Å². The van der Waals surface area contributed by atoms with Gasteiger partial charge in [-0.25, -0.2) is 13.4 Å². The number of carbonyl (C=O) groups excluding carboxylic acids is 2. The predicted molar refractivity (Wildman–Crippen MR) is 113 cm³/mol. The van der Waals surface area contributed by atoms with Crippen LogP contribution in [0.4, 0.5) is 0 Å². The van der Waals surface area contributed by atoms with Crippen LogP contribution in [0, 0.1) is 0 Å². The van der Waals surface area contributed by atoms with E-state index in [0.717, 1.165) is 10.9 Å². The van der Waals surface area contributed by atoms with Gasteiger partial charge in [0, 0.05) is 23.7 Å². The second kappa shape index (κ2) is 8.11. The molecule has 0 saturated heterocycles. The number of carbonyl (C=O) groups is 2. The van der Waals surface area contributed by atoms with Crippen LogP contribution in [0.25, 0.3) is 11.0 Å². The first-order chi connectivity index (χ1) is 14.8. The number of ketones is 1. The maximum absolute atomic E-state index is 12.8. The normalized spacial score (nSPS) is 11.4. The number of hydrogen-bond donors (Lipinski definition) is 2. The van der Waals surface area contributed by atoms with Gasteiger partial charge in [0.05, 0.1) is 21.6 Å². The fourth-order valence-electron chi connectivity index (χ4n) is 3.04. The van der Waals surface area contributed by atoms with Crippen LogP contribution in [0.5, 0.6) is 0 Å². The zero-order chi connectivity index (χ0) is 22.0. The molecule has 2 heterocycles. The van der Waals surface area contributed by atoms with Gasteiger partial charge in [-0.15, -0.1) is 0 Å². The van der Waals surface area contributed by atoms with Crippen molar-refractivity contribution in [2.24, 2.45) is 0 Å². The number of amides is 1. The number of pyridine rings is 1. The van der Waals surface area contributed by atoms with E-state index in [2.05, 4.69) is 20.5 Å². The predicted octanol–water partition coefficient (Wildman–Crippen LogP) is 2.92. The number of hydrogen-bond acceptors (Lipinski definition) is 6. The third-order valence-electron chi connectivity index (χ3n) is 4.81. The molecule has 0 saturated carbocycles. The smallest absolute Gasteiger partial charge is 0.253 e. The third-order valence-corrected chi connectivity index (χ3v) is 6.60. The van der Waals surface area contributed by atoms with E-state index in [1.54, 1.807) is 24.4 Å². The Morgan fingerprint density at radius 3 is 2.23 bits per heavy atom. The van der Waals surface area contributed by atoms with Crippen LogP contribution in [0.2, 0.25) is 0 Å². The highest BCUT2D eigenvalue weighted by Crippen LogP contribution is 2.22. The van der Waals surface area contributed by atoms with Crippen LogP contribution in [-0.2, 0) is 16.4 Å². The molecule has 0 bridgehead atoms. The van der Waals surface area contributed by atoms with Crippen LogP contribution in [0.3, 0.4) is 0 Å². The molecule has 0 fully saturated rings. The molecule has 2 aromatic carbocycles. The van der Waals surface area contributed by atoms with Crippen LogP contribution >= 0.6 is 0 Å². The van der Waals surface area contributed by atoms with E-state index in [9.17, 15) is 18.0 Å².